The van der Waals surface area contributed by atoms with Crippen molar-refractivity contribution in [1.29, 1.82) is 0 Å². The van der Waals surface area contributed by atoms with E-state index in [0.717, 1.165) is 16.5 Å². The maximum atomic E-state index is 13.2. The van der Waals surface area contributed by atoms with Crippen LogP contribution in [-0.4, -0.2) is 54.0 Å². The quantitative estimate of drug-likeness (QED) is 0.310. The van der Waals surface area contributed by atoms with E-state index in [0.29, 0.717) is 38.3 Å². The number of carbonyl (C=O) groups excluding carboxylic acids is 2. The van der Waals surface area contributed by atoms with E-state index < -0.39 is 41.3 Å². The Hall–Kier alpha value is -3.58. The number of amides is 2. The van der Waals surface area contributed by atoms with Crippen LogP contribution in [0.1, 0.15) is 28.7 Å². The summed E-state index contributed by atoms with van der Waals surface area (Å²) in [6, 6.07) is 6.89. The number of aromatic nitrogens is 1. The van der Waals surface area contributed by atoms with Crippen LogP contribution in [0.5, 0.6) is 0 Å². The van der Waals surface area contributed by atoms with Gasteiger partial charge in [0.1, 0.15) is 0 Å². The number of urea groups is 1. The van der Waals surface area contributed by atoms with Crippen molar-refractivity contribution in [3.63, 3.8) is 0 Å². The van der Waals surface area contributed by atoms with Crippen molar-refractivity contribution in [3.8, 4) is 0 Å². The lowest BCUT2D eigenvalue weighted by molar-refractivity contribution is -0.143. The number of hydrogen-bond acceptors (Lipinski definition) is 4. The summed E-state index contributed by atoms with van der Waals surface area (Å²) in [6.07, 6.45) is -8.93. The molecule has 0 spiro atoms. The molecule has 1 fully saturated rings. The monoisotopic (exact) mass is 555 g/mol. The molecule has 1 saturated heterocycles. The van der Waals surface area contributed by atoms with Gasteiger partial charge in [-0.05, 0) is 41.8 Å². The number of Topliss-reactive ketones (excluding diaryl/α,β-unsaturated/α-hetero) is 1. The smallest absolute Gasteiger partial charge is 0.361 e. The molecular weight excluding hydrogens is 528 g/mol. The number of nitrogens with one attached hydrogen (secondary N) is 4. The normalized spacial score (nSPS) is 15.7. The summed E-state index contributed by atoms with van der Waals surface area (Å²) in [6.45, 7) is 2.42. The van der Waals surface area contributed by atoms with E-state index >= 15 is 0 Å². The molecule has 2 amide bonds. The fourth-order valence-electron chi connectivity index (χ4n) is 4.48. The zero-order valence-electron chi connectivity index (χ0n) is 20.7. The molecule has 1 aliphatic rings. The molecule has 0 radical (unpaired) electrons. The zero-order chi connectivity index (χ0) is 28.2. The minimum atomic E-state index is -4.98. The third-order valence-corrected chi connectivity index (χ3v) is 6.48. The Morgan fingerprint density at radius 2 is 1.59 bits per heavy atom. The van der Waals surface area contributed by atoms with E-state index in [2.05, 4.69) is 21.0 Å². The highest BCUT2D eigenvalue weighted by Gasteiger charge is 2.37. The Labute approximate surface area is 219 Å². The predicted octanol–water partition coefficient (Wildman–Crippen LogP) is 4.44. The van der Waals surface area contributed by atoms with Gasteiger partial charge in [-0.15, -0.1) is 0 Å². The molecule has 0 saturated carbocycles. The van der Waals surface area contributed by atoms with Crippen LogP contribution in [0.2, 0.25) is 0 Å². The number of H-pyrrole nitrogens is 1. The van der Waals surface area contributed by atoms with Gasteiger partial charge in [0, 0.05) is 56.1 Å². The van der Waals surface area contributed by atoms with Gasteiger partial charge in [-0.1, -0.05) is 18.2 Å². The number of fused-ring (bicyclic) bond motifs is 1. The number of para-hydroxylation sites is 1. The lowest BCUT2D eigenvalue weighted by atomic mass is 9.96. The zero-order valence-corrected chi connectivity index (χ0v) is 20.7. The molecule has 2 heterocycles. The van der Waals surface area contributed by atoms with Gasteiger partial charge in [0.2, 0.25) is 0 Å². The third-order valence-electron chi connectivity index (χ3n) is 6.48. The Morgan fingerprint density at radius 1 is 0.949 bits per heavy atom. The number of rotatable bonds is 8. The van der Waals surface area contributed by atoms with Crippen LogP contribution >= 0.6 is 0 Å². The number of carbonyl (C=O) groups is 2. The first-order valence-corrected chi connectivity index (χ1v) is 12.3. The van der Waals surface area contributed by atoms with E-state index in [1.54, 1.807) is 11.2 Å². The average molecular weight is 556 g/mol. The number of nitrogens with zero attached hydrogens (tertiary/aromatic N) is 1. The van der Waals surface area contributed by atoms with E-state index in [1.165, 1.54) is 0 Å². The second kappa shape index (κ2) is 11.7. The number of aromatic amines is 1. The second-order valence-electron chi connectivity index (χ2n) is 9.32. The standard InChI is InChI=1S/C26H27F6N5O2/c27-25(28,29)18-11-16(12-19(14-18)26(30,31)32)5-6-23(38)22(35-24(39)36-37-9-7-33-8-10-37)13-17-15-34-21-4-2-1-3-20(17)21/h1-4,11-12,14-15,22,33-34H,5-10,13H2,(H2,35,36,39). The maximum Gasteiger partial charge on any atom is 0.416 e. The summed E-state index contributed by atoms with van der Waals surface area (Å²) in [5.41, 5.74) is 1.06. The van der Waals surface area contributed by atoms with Gasteiger partial charge in [-0.25, -0.2) is 9.80 Å². The number of halogens is 6. The summed E-state index contributed by atoms with van der Waals surface area (Å²) in [7, 11) is 0. The van der Waals surface area contributed by atoms with Crippen molar-refractivity contribution in [2.45, 2.75) is 37.7 Å². The van der Waals surface area contributed by atoms with E-state index in [9.17, 15) is 35.9 Å². The number of aryl methyl sites for hydroxylation is 1. The van der Waals surface area contributed by atoms with Gasteiger partial charge < -0.3 is 15.6 Å². The predicted molar refractivity (Wildman–Crippen MR) is 132 cm³/mol. The maximum absolute atomic E-state index is 13.2. The molecule has 2 aromatic carbocycles. The Bertz CT molecular complexity index is 1280. The summed E-state index contributed by atoms with van der Waals surface area (Å²) >= 11 is 0. The van der Waals surface area contributed by atoms with Crippen LogP contribution < -0.4 is 16.1 Å². The molecule has 39 heavy (non-hydrogen) atoms. The van der Waals surface area contributed by atoms with E-state index in [1.807, 2.05) is 24.3 Å². The Morgan fingerprint density at radius 3 is 2.23 bits per heavy atom. The minimum absolute atomic E-state index is 0.0488. The number of hydrazine groups is 1. The number of piperazine rings is 1. The molecular formula is C26H27F6N5O2. The van der Waals surface area contributed by atoms with Crippen LogP contribution in [0.3, 0.4) is 0 Å². The van der Waals surface area contributed by atoms with Gasteiger partial charge in [0.25, 0.3) is 0 Å². The minimum Gasteiger partial charge on any atom is -0.361 e. The van der Waals surface area contributed by atoms with E-state index in [-0.39, 0.29) is 30.9 Å². The van der Waals surface area contributed by atoms with Crippen LogP contribution in [0.15, 0.2) is 48.7 Å². The molecule has 4 rings (SSSR count). The van der Waals surface area contributed by atoms with Crippen LogP contribution in [0.4, 0.5) is 31.1 Å². The van der Waals surface area contributed by atoms with E-state index in [4.69, 9.17) is 0 Å². The summed E-state index contributed by atoms with van der Waals surface area (Å²) in [5.74, 6) is -0.526. The van der Waals surface area contributed by atoms with Crippen LogP contribution in [0, 0.1) is 0 Å². The van der Waals surface area contributed by atoms with Crippen molar-refractivity contribution in [3.05, 3.63) is 70.9 Å². The number of benzene rings is 2. The molecule has 4 N–H and O–H groups in total. The first-order chi connectivity index (χ1) is 18.4. The molecule has 1 aliphatic heterocycles. The van der Waals surface area contributed by atoms with Gasteiger partial charge in [-0.3, -0.25) is 10.2 Å². The third kappa shape index (κ3) is 7.51. The van der Waals surface area contributed by atoms with Crippen molar-refractivity contribution in [1.82, 2.24) is 26.1 Å². The number of alkyl halides is 6. The van der Waals surface area contributed by atoms with Gasteiger partial charge in [0.15, 0.2) is 5.78 Å². The molecule has 1 unspecified atom stereocenters. The Balaban J connectivity index is 1.52. The Kier molecular flexibility index (Phi) is 8.50. The highest BCUT2D eigenvalue weighted by atomic mass is 19.4. The topological polar surface area (TPSA) is 89.3 Å². The molecule has 0 aliphatic carbocycles. The molecule has 210 valence electrons. The van der Waals surface area contributed by atoms with Crippen molar-refractivity contribution in [2.24, 2.45) is 0 Å². The molecule has 13 heteroatoms. The first kappa shape index (κ1) is 28.4. The average Bonchev–Trinajstić information content (AvgIpc) is 3.29. The highest BCUT2D eigenvalue weighted by Crippen LogP contribution is 2.36. The molecule has 3 aromatic rings. The van der Waals surface area contributed by atoms with Crippen molar-refractivity contribution in [2.75, 3.05) is 26.2 Å². The van der Waals surface area contributed by atoms with Crippen molar-refractivity contribution >= 4 is 22.7 Å². The SMILES string of the molecule is O=C(NC(Cc1c[nH]c2ccccc12)C(=O)CCc1cc(C(F)(F)F)cc(C(F)(F)F)c1)NN1CCNCC1. The highest BCUT2D eigenvalue weighted by molar-refractivity contribution is 5.90. The molecule has 1 aromatic heterocycles. The van der Waals surface area contributed by atoms with Crippen LogP contribution in [0.25, 0.3) is 10.9 Å². The lowest BCUT2D eigenvalue weighted by Gasteiger charge is -2.28. The summed E-state index contributed by atoms with van der Waals surface area (Å²) in [4.78, 5) is 29.0. The van der Waals surface area contributed by atoms with Gasteiger partial charge in [0.05, 0.1) is 17.2 Å². The fraction of sp³-hybridized carbons (Fsp3) is 0.385. The number of hydrogen-bond donors (Lipinski definition) is 4. The molecule has 7 nitrogen and oxygen atoms in total. The fourth-order valence-corrected chi connectivity index (χ4v) is 4.48. The number of ketones is 1. The van der Waals surface area contributed by atoms with Crippen molar-refractivity contribution < 1.29 is 35.9 Å². The lowest BCUT2D eigenvalue weighted by Crippen LogP contribution is -2.57. The van der Waals surface area contributed by atoms with Gasteiger partial charge in [-0.2, -0.15) is 26.3 Å². The first-order valence-electron chi connectivity index (χ1n) is 12.3. The second-order valence-corrected chi connectivity index (χ2v) is 9.32. The van der Waals surface area contributed by atoms with Gasteiger partial charge >= 0.3 is 18.4 Å². The van der Waals surface area contributed by atoms with Crippen LogP contribution in [-0.2, 0) is 30.0 Å². The summed E-state index contributed by atoms with van der Waals surface area (Å²) in [5, 5.41) is 8.29. The molecule has 1 atom stereocenters. The largest absolute Gasteiger partial charge is 0.416 e. The summed E-state index contributed by atoms with van der Waals surface area (Å²) < 4.78 is 79.4. The molecule has 0 bridgehead atoms.